The van der Waals surface area contributed by atoms with Crippen LogP contribution in [0, 0.1) is 5.92 Å². The predicted octanol–water partition coefficient (Wildman–Crippen LogP) is 4.99. The predicted molar refractivity (Wildman–Crippen MR) is 83.7 cm³/mol. The molecule has 0 aliphatic heterocycles. The van der Waals surface area contributed by atoms with E-state index in [-0.39, 0.29) is 0 Å². The molecule has 2 aromatic rings. The molecule has 1 aliphatic rings. The first-order chi connectivity index (χ1) is 9.92. The summed E-state index contributed by atoms with van der Waals surface area (Å²) >= 11 is 0. The maximum absolute atomic E-state index is 4.32. The highest BCUT2D eigenvalue weighted by molar-refractivity contribution is 5.22. The van der Waals surface area contributed by atoms with Crippen molar-refractivity contribution < 1.29 is 0 Å². The number of nitrogens with zero attached hydrogens (tertiary/aromatic N) is 1. The second kappa shape index (κ2) is 6.69. The first kappa shape index (κ1) is 13.4. The Morgan fingerprint density at radius 1 is 1.00 bits per heavy atom. The summed E-state index contributed by atoms with van der Waals surface area (Å²) in [7, 11) is 0. The maximum Gasteiger partial charge on any atom is 0.0302 e. The minimum absolute atomic E-state index is 0.620. The van der Waals surface area contributed by atoms with E-state index in [9.17, 15) is 0 Å². The Bertz CT molecular complexity index is 500. The molecule has 104 valence electrons. The molecule has 0 radical (unpaired) electrons. The molecule has 1 aromatic heterocycles. The summed E-state index contributed by atoms with van der Waals surface area (Å²) in [5.74, 6) is 1.54. The van der Waals surface area contributed by atoms with Crippen LogP contribution in [0.2, 0.25) is 0 Å². The van der Waals surface area contributed by atoms with Gasteiger partial charge in [-0.25, -0.2) is 0 Å². The Hall–Kier alpha value is -1.63. The maximum atomic E-state index is 4.32. The smallest absolute Gasteiger partial charge is 0.0302 e. The molecular formula is C19H23N. The lowest BCUT2D eigenvalue weighted by Crippen LogP contribution is -2.08. The minimum atomic E-state index is 0.620. The van der Waals surface area contributed by atoms with Crippen molar-refractivity contribution in [3.63, 3.8) is 0 Å². The molecule has 0 bridgehead atoms. The molecule has 1 heteroatoms. The highest BCUT2D eigenvalue weighted by Gasteiger charge is 2.21. The average molecular weight is 265 g/mol. The highest BCUT2D eigenvalue weighted by Crippen LogP contribution is 2.35. The Morgan fingerprint density at radius 3 is 2.50 bits per heavy atom. The van der Waals surface area contributed by atoms with E-state index in [1.165, 1.54) is 43.2 Å². The minimum Gasteiger partial charge on any atom is -0.264 e. The van der Waals surface area contributed by atoms with Crippen LogP contribution in [0.1, 0.15) is 49.1 Å². The lowest BCUT2D eigenvalue weighted by atomic mass is 9.84. The van der Waals surface area contributed by atoms with E-state index >= 15 is 0 Å². The van der Waals surface area contributed by atoms with Crippen LogP contribution in [0.25, 0.3) is 0 Å². The van der Waals surface area contributed by atoms with Gasteiger partial charge in [-0.2, -0.15) is 0 Å². The molecule has 1 saturated carbocycles. The topological polar surface area (TPSA) is 12.9 Å². The fourth-order valence-corrected chi connectivity index (χ4v) is 3.50. The largest absolute Gasteiger partial charge is 0.264 e. The van der Waals surface area contributed by atoms with Gasteiger partial charge in [0.05, 0.1) is 0 Å². The van der Waals surface area contributed by atoms with Crippen molar-refractivity contribution in [3.05, 3.63) is 66.0 Å². The molecule has 0 saturated heterocycles. The van der Waals surface area contributed by atoms with Crippen molar-refractivity contribution in [1.29, 1.82) is 0 Å². The van der Waals surface area contributed by atoms with Crippen molar-refractivity contribution in [2.75, 3.05) is 0 Å². The molecule has 3 rings (SSSR count). The van der Waals surface area contributed by atoms with Gasteiger partial charge in [-0.15, -0.1) is 0 Å². The summed E-state index contributed by atoms with van der Waals surface area (Å²) in [5, 5.41) is 0. The van der Waals surface area contributed by atoms with Gasteiger partial charge in [0, 0.05) is 12.4 Å². The summed E-state index contributed by atoms with van der Waals surface area (Å²) < 4.78 is 0. The van der Waals surface area contributed by atoms with Crippen molar-refractivity contribution in [2.24, 2.45) is 5.92 Å². The summed E-state index contributed by atoms with van der Waals surface area (Å²) in [6, 6.07) is 15.2. The Labute approximate surface area is 122 Å². The van der Waals surface area contributed by atoms with E-state index in [1.807, 2.05) is 6.20 Å². The fraction of sp³-hybridized carbons (Fsp3) is 0.421. The zero-order chi connectivity index (χ0) is 13.6. The quantitative estimate of drug-likeness (QED) is 0.742. The van der Waals surface area contributed by atoms with E-state index in [0.717, 1.165) is 12.3 Å². The molecule has 1 aromatic carbocycles. The zero-order valence-electron chi connectivity index (χ0n) is 12.0. The van der Waals surface area contributed by atoms with Gasteiger partial charge in [-0.05, 0) is 41.9 Å². The van der Waals surface area contributed by atoms with Crippen molar-refractivity contribution in [1.82, 2.24) is 4.98 Å². The first-order valence-electron chi connectivity index (χ1n) is 7.85. The summed E-state index contributed by atoms with van der Waals surface area (Å²) in [6.45, 7) is 0. The second-order valence-corrected chi connectivity index (χ2v) is 6.06. The number of pyridine rings is 1. The third kappa shape index (κ3) is 3.47. The third-order valence-electron chi connectivity index (χ3n) is 4.57. The van der Waals surface area contributed by atoms with E-state index in [0.29, 0.717) is 5.92 Å². The van der Waals surface area contributed by atoms with Gasteiger partial charge in [0.25, 0.3) is 0 Å². The molecular weight excluding hydrogens is 242 g/mol. The Balaban J connectivity index is 1.76. The lowest BCUT2D eigenvalue weighted by molar-refractivity contribution is 0.441. The van der Waals surface area contributed by atoms with Crippen LogP contribution in [0.4, 0.5) is 0 Å². The van der Waals surface area contributed by atoms with Crippen LogP contribution in [-0.4, -0.2) is 4.98 Å². The Kier molecular flexibility index (Phi) is 4.47. The van der Waals surface area contributed by atoms with Crippen molar-refractivity contribution >= 4 is 0 Å². The molecule has 1 nitrogen and oxygen atoms in total. The van der Waals surface area contributed by atoms with Crippen LogP contribution < -0.4 is 0 Å². The van der Waals surface area contributed by atoms with Gasteiger partial charge in [0.1, 0.15) is 0 Å². The lowest BCUT2D eigenvalue weighted by Gasteiger charge is -2.21. The summed E-state index contributed by atoms with van der Waals surface area (Å²) in [4.78, 5) is 4.32. The van der Waals surface area contributed by atoms with E-state index < -0.39 is 0 Å². The van der Waals surface area contributed by atoms with Crippen molar-refractivity contribution in [3.8, 4) is 0 Å². The van der Waals surface area contributed by atoms with E-state index in [4.69, 9.17) is 0 Å². The molecule has 0 amide bonds. The molecule has 1 fully saturated rings. The van der Waals surface area contributed by atoms with Gasteiger partial charge in [0.15, 0.2) is 0 Å². The van der Waals surface area contributed by atoms with Crippen LogP contribution in [0.15, 0.2) is 54.9 Å². The van der Waals surface area contributed by atoms with Gasteiger partial charge in [-0.3, -0.25) is 4.98 Å². The number of benzene rings is 1. The molecule has 1 aliphatic carbocycles. The number of aromatic nitrogens is 1. The van der Waals surface area contributed by atoms with Crippen LogP contribution in [0.3, 0.4) is 0 Å². The summed E-state index contributed by atoms with van der Waals surface area (Å²) in [6.07, 6.45) is 12.1. The third-order valence-corrected chi connectivity index (χ3v) is 4.57. The van der Waals surface area contributed by atoms with Gasteiger partial charge in [-0.1, -0.05) is 62.1 Å². The van der Waals surface area contributed by atoms with Gasteiger partial charge >= 0.3 is 0 Å². The molecule has 0 N–H and O–H groups in total. The van der Waals surface area contributed by atoms with Crippen LogP contribution in [-0.2, 0) is 6.42 Å². The Morgan fingerprint density at radius 2 is 1.80 bits per heavy atom. The zero-order valence-corrected chi connectivity index (χ0v) is 12.0. The fourth-order valence-electron chi connectivity index (χ4n) is 3.50. The normalized spacial score (nSPS) is 17.2. The number of hydrogen-bond donors (Lipinski definition) is 0. The number of rotatable bonds is 5. The number of hydrogen-bond acceptors (Lipinski definition) is 1. The van der Waals surface area contributed by atoms with Gasteiger partial charge in [0.2, 0.25) is 0 Å². The molecule has 0 spiro atoms. The van der Waals surface area contributed by atoms with Crippen LogP contribution in [0.5, 0.6) is 0 Å². The van der Waals surface area contributed by atoms with E-state index in [2.05, 4.69) is 53.6 Å². The van der Waals surface area contributed by atoms with Crippen molar-refractivity contribution in [2.45, 2.75) is 44.4 Å². The first-order valence-corrected chi connectivity index (χ1v) is 7.85. The second-order valence-electron chi connectivity index (χ2n) is 6.06. The molecule has 1 unspecified atom stereocenters. The summed E-state index contributed by atoms with van der Waals surface area (Å²) in [5.41, 5.74) is 2.85. The average Bonchev–Trinajstić information content (AvgIpc) is 3.02. The van der Waals surface area contributed by atoms with E-state index in [1.54, 1.807) is 0 Å². The molecule has 1 heterocycles. The molecule has 1 atom stereocenters. The monoisotopic (exact) mass is 265 g/mol. The SMILES string of the molecule is c1ccc(CC(CC2CCCC2)c2cccnc2)cc1. The van der Waals surface area contributed by atoms with Gasteiger partial charge < -0.3 is 0 Å². The standard InChI is InChI=1S/C19H23N/c1-2-7-16(8-3-1)13-19(14-17-9-4-5-10-17)18-11-6-12-20-15-18/h1-3,6-8,11-12,15,17,19H,4-5,9-10,13-14H2. The molecule has 20 heavy (non-hydrogen) atoms. The highest BCUT2D eigenvalue weighted by atomic mass is 14.6. The van der Waals surface area contributed by atoms with Crippen LogP contribution >= 0.6 is 0 Å².